The average Bonchev–Trinajstić information content (AvgIpc) is 2.76. The van der Waals surface area contributed by atoms with Crippen molar-refractivity contribution < 1.29 is 14.6 Å². The lowest BCUT2D eigenvalue weighted by Gasteiger charge is -2.07. The summed E-state index contributed by atoms with van der Waals surface area (Å²) in [6.45, 7) is 7.13. The highest BCUT2D eigenvalue weighted by Gasteiger charge is 2.00. The molecule has 0 aliphatic rings. The number of pyridine rings is 2. The van der Waals surface area contributed by atoms with Crippen molar-refractivity contribution in [3.05, 3.63) is 46.8 Å². The minimum absolute atomic E-state index is 0.539. The molecule has 2 aromatic rings. The largest absolute Gasteiger partial charge is 0.400 e. The molecule has 9 nitrogen and oxygen atoms in total. The number of aliphatic hydroxyl groups excluding tert-OH is 1. The topological polar surface area (TPSA) is 138 Å². The second-order valence-electron chi connectivity index (χ2n) is 5.93. The molecule has 0 atom stereocenters. The van der Waals surface area contributed by atoms with Gasteiger partial charge in [-0.25, -0.2) is 9.97 Å². The molecule has 0 aromatic carbocycles. The van der Waals surface area contributed by atoms with Crippen LogP contribution in [0.5, 0.6) is 0 Å². The van der Waals surface area contributed by atoms with E-state index in [9.17, 15) is 0 Å². The van der Waals surface area contributed by atoms with Crippen molar-refractivity contribution in [1.29, 1.82) is 5.26 Å². The van der Waals surface area contributed by atoms with Crippen LogP contribution in [0.4, 0.5) is 11.6 Å². The minimum atomic E-state index is 0.539. The Hall–Kier alpha value is -2.77. The summed E-state index contributed by atoms with van der Waals surface area (Å²) in [6, 6.07) is 9.56. The maximum absolute atomic E-state index is 8.69. The lowest BCUT2D eigenvalue weighted by Crippen LogP contribution is -2.10. The molecule has 0 radical (unpaired) electrons. The Labute approximate surface area is 179 Å². The number of nitrogens with two attached hydrogens (primary N) is 1. The van der Waals surface area contributed by atoms with E-state index in [-0.39, 0.29) is 0 Å². The first-order valence-electron chi connectivity index (χ1n) is 9.50. The number of ether oxygens (including phenoxy) is 2. The number of hydrogen-bond acceptors (Lipinski definition) is 9. The van der Waals surface area contributed by atoms with Crippen LogP contribution in [0, 0.1) is 25.2 Å². The molecule has 30 heavy (non-hydrogen) atoms. The van der Waals surface area contributed by atoms with Gasteiger partial charge in [-0.15, -0.1) is 0 Å². The Morgan fingerprint density at radius 1 is 0.933 bits per heavy atom. The number of aromatic nitrogens is 2. The van der Waals surface area contributed by atoms with Crippen molar-refractivity contribution in [3.8, 4) is 6.07 Å². The van der Waals surface area contributed by atoms with Gasteiger partial charge in [-0.3, -0.25) is 0 Å². The molecular formula is C21H34N6O3. The number of nitrogens with one attached hydrogen (secondary N) is 2. The van der Waals surface area contributed by atoms with E-state index in [0.29, 0.717) is 25.3 Å². The molecule has 0 saturated heterocycles. The van der Waals surface area contributed by atoms with Crippen LogP contribution in [-0.4, -0.2) is 62.7 Å². The predicted octanol–water partition coefficient (Wildman–Crippen LogP) is 1.84. The monoisotopic (exact) mass is 418 g/mol. The van der Waals surface area contributed by atoms with Gasteiger partial charge in [0, 0.05) is 46.7 Å². The minimum Gasteiger partial charge on any atom is -0.400 e. The van der Waals surface area contributed by atoms with Crippen LogP contribution in [0.25, 0.3) is 0 Å². The normalized spacial score (nSPS) is 9.40. The summed E-state index contributed by atoms with van der Waals surface area (Å²) >= 11 is 0. The molecule has 0 spiro atoms. The summed E-state index contributed by atoms with van der Waals surface area (Å²) in [4.78, 5) is 8.60. The van der Waals surface area contributed by atoms with Gasteiger partial charge < -0.3 is 30.9 Å². The zero-order valence-electron chi connectivity index (χ0n) is 18.5. The third-order valence-corrected chi connectivity index (χ3v) is 3.85. The first-order chi connectivity index (χ1) is 14.5. The van der Waals surface area contributed by atoms with Crippen LogP contribution < -0.4 is 16.4 Å². The SMILES string of the molecule is CO.COCCNc1ccc(C#N)c(C)n1.COCCNc1ccc(CN)c(C)n1. The molecular weight excluding hydrogens is 384 g/mol. The fourth-order valence-corrected chi connectivity index (χ4v) is 2.24. The van der Waals surface area contributed by atoms with Crippen LogP contribution in [0.15, 0.2) is 24.3 Å². The highest BCUT2D eigenvalue weighted by Crippen LogP contribution is 2.09. The number of methoxy groups -OCH3 is 2. The third-order valence-electron chi connectivity index (χ3n) is 3.85. The summed E-state index contributed by atoms with van der Waals surface area (Å²) in [7, 11) is 4.33. The highest BCUT2D eigenvalue weighted by molar-refractivity contribution is 5.42. The molecule has 2 aromatic heterocycles. The second kappa shape index (κ2) is 17.1. The average molecular weight is 419 g/mol. The van der Waals surface area contributed by atoms with Gasteiger partial charge in [0.1, 0.15) is 17.7 Å². The van der Waals surface area contributed by atoms with E-state index in [0.717, 1.165) is 48.8 Å². The Bertz CT molecular complexity index is 765. The number of anilines is 2. The third kappa shape index (κ3) is 10.7. The fourth-order valence-electron chi connectivity index (χ4n) is 2.24. The van der Waals surface area contributed by atoms with E-state index in [1.54, 1.807) is 26.4 Å². The fraction of sp³-hybridized carbons (Fsp3) is 0.476. The van der Waals surface area contributed by atoms with Crippen molar-refractivity contribution in [2.75, 3.05) is 58.3 Å². The summed E-state index contributed by atoms with van der Waals surface area (Å²) < 4.78 is 9.82. The van der Waals surface area contributed by atoms with Gasteiger partial charge in [0.15, 0.2) is 0 Å². The summed E-state index contributed by atoms with van der Waals surface area (Å²) in [5.74, 6) is 1.65. The standard InChI is InChI=1S/C10H17N3O.C10H13N3O.CH4O/c2*1-8-9(7-11)3-4-10(13-8)12-5-6-14-2;1-2/h3-4H,5-7,11H2,1-2H3,(H,12,13);3-4H,5-6H2,1-2H3,(H,12,13);2H,1H3. The molecule has 2 rings (SSSR count). The van der Waals surface area contributed by atoms with Crippen molar-refractivity contribution in [2.24, 2.45) is 5.73 Å². The smallest absolute Gasteiger partial charge is 0.126 e. The van der Waals surface area contributed by atoms with Crippen LogP contribution in [0.3, 0.4) is 0 Å². The molecule has 0 saturated carbocycles. The van der Waals surface area contributed by atoms with Gasteiger partial charge in [0.05, 0.1) is 24.5 Å². The van der Waals surface area contributed by atoms with Crippen molar-refractivity contribution in [3.63, 3.8) is 0 Å². The van der Waals surface area contributed by atoms with Crippen LogP contribution >= 0.6 is 0 Å². The molecule has 2 heterocycles. The first-order valence-corrected chi connectivity index (χ1v) is 9.50. The molecule has 166 valence electrons. The number of aryl methyl sites for hydroxylation is 2. The second-order valence-corrected chi connectivity index (χ2v) is 5.93. The van der Waals surface area contributed by atoms with E-state index >= 15 is 0 Å². The lowest BCUT2D eigenvalue weighted by molar-refractivity contribution is 0.210. The van der Waals surface area contributed by atoms with Gasteiger partial charge in [-0.1, -0.05) is 6.07 Å². The summed E-state index contributed by atoms with van der Waals surface area (Å²) in [5.41, 5.74) is 8.97. The summed E-state index contributed by atoms with van der Waals surface area (Å²) in [5, 5.41) is 21.9. The van der Waals surface area contributed by atoms with E-state index < -0.39 is 0 Å². The van der Waals surface area contributed by atoms with Crippen LogP contribution in [0.1, 0.15) is 22.5 Å². The zero-order valence-corrected chi connectivity index (χ0v) is 18.5. The van der Waals surface area contributed by atoms with E-state index in [2.05, 4.69) is 26.7 Å². The first kappa shape index (κ1) is 27.2. The van der Waals surface area contributed by atoms with Crippen molar-refractivity contribution >= 4 is 11.6 Å². The molecule has 5 N–H and O–H groups in total. The van der Waals surface area contributed by atoms with Gasteiger partial charge in [-0.2, -0.15) is 5.26 Å². The maximum Gasteiger partial charge on any atom is 0.126 e. The molecule has 0 bridgehead atoms. The Balaban J connectivity index is 0.000000518. The molecule has 0 aliphatic heterocycles. The van der Waals surface area contributed by atoms with Crippen LogP contribution in [-0.2, 0) is 16.0 Å². The lowest BCUT2D eigenvalue weighted by atomic mass is 10.2. The van der Waals surface area contributed by atoms with Crippen molar-refractivity contribution in [2.45, 2.75) is 20.4 Å². The highest BCUT2D eigenvalue weighted by atomic mass is 16.5. The number of aliphatic hydroxyl groups is 1. The molecule has 0 amide bonds. The van der Waals surface area contributed by atoms with Gasteiger partial charge in [0.25, 0.3) is 0 Å². The number of nitriles is 1. The van der Waals surface area contributed by atoms with Crippen LogP contribution in [0.2, 0.25) is 0 Å². The number of nitrogens with zero attached hydrogens (tertiary/aromatic N) is 3. The number of hydrogen-bond donors (Lipinski definition) is 4. The van der Waals surface area contributed by atoms with E-state index in [1.165, 1.54) is 0 Å². The maximum atomic E-state index is 8.69. The predicted molar refractivity (Wildman–Crippen MR) is 119 cm³/mol. The van der Waals surface area contributed by atoms with Gasteiger partial charge in [0.2, 0.25) is 0 Å². The Morgan fingerprint density at radius 3 is 1.83 bits per heavy atom. The Morgan fingerprint density at radius 2 is 1.43 bits per heavy atom. The van der Waals surface area contributed by atoms with E-state index in [4.69, 9.17) is 25.6 Å². The molecule has 0 unspecified atom stereocenters. The van der Waals surface area contributed by atoms with Gasteiger partial charge >= 0.3 is 0 Å². The molecule has 9 heteroatoms. The molecule has 0 aliphatic carbocycles. The van der Waals surface area contributed by atoms with E-state index in [1.807, 2.05) is 26.0 Å². The quantitative estimate of drug-likeness (QED) is 0.449. The number of rotatable bonds is 9. The summed E-state index contributed by atoms with van der Waals surface area (Å²) in [6.07, 6.45) is 0. The molecule has 0 fully saturated rings. The Kier molecular flexibility index (Phi) is 15.5. The van der Waals surface area contributed by atoms with Gasteiger partial charge in [-0.05, 0) is 37.6 Å². The zero-order chi connectivity index (χ0) is 22.8. The van der Waals surface area contributed by atoms with Crippen molar-refractivity contribution in [1.82, 2.24) is 9.97 Å².